The van der Waals surface area contributed by atoms with E-state index in [9.17, 15) is 17.6 Å². The highest BCUT2D eigenvalue weighted by molar-refractivity contribution is 7.89. The number of sulfonamides is 1. The predicted octanol–water partition coefficient (Wildman–Crippen LogP) is 5.86. The Morgan fingerprint density at radius 1 is 1.05 bits per heavy atom. The van der Waals surface area contributed by atoms with Gasteiger partial charge in [-0.05, 0) is 58.5 Å². The van der Waals surface area contributed by atoms with Gasteiger partial charge in [-0.15, -0.1) is 11.3 Å². The maximum atomic E-state index is 14.0. The first-order valence-electron chi connectivity index (χ1n) is 12.3. The van der Waals surface area contributed by atoms with E-state index in [1.54, 1.807) is 46.6 Å². The summed E-state index contributed by atoms with van der Waals surface area (Å²) in [5.41, 5.74) is 1.82. The molecular weight excluding hydrogens is 507 g/mol. The number of hydrogen-bond acceptors (Lipinski definition) is 4. The van der Waals surface area contributed by atoms with Crippen molar-refractivity contribution in [2.75, 3.05) is 19.6 Å². The summed E-state index contributed by atoms with van der Waals surface area (Å²) in [6.45, 7) is 4.31. The topological polar surface area (TPSA) is 57.7 Å². The lowest BCUT2D eigenvalue weighted by Crippen LogP contribution is -2.47. The summed E-state index contributed by atoms with van der Waals surface area (Å²) in [5, 5.41) is 3.47. The van der Waals surface area contributed by atoms with Gasteiger partial charge in [0.25, 0.3) is 0 Å². The molecule has 37 heavy (non-hydrogen) atoms. The molecule has 0 saturated carbocycles. The van der Waals surface area contributed by atoms with Crippen molar-refractivity contribution in [2.45, 2.75) is 31.2 Å². The van der Waals surface area contributed by atoms with Crippen molar-refractivity contribution < 1.29 is 17.6 Å². The molecule has 0 spiro atoms. The average molecular weight is 537 g/mol. The summed E-state index contributed by atoms with van der Waals surface area (Å²) in [5.74, 6) is -0.585. The van der Waals surface area contributed by atoms with Gasteiger partial charge in [0.05, 0.1) is 17.5 Å². The van der Waals surface area contributed by atoms with Gasteiger partial charge in [0.15, 0.2) is 0 Å². The Kier molecular flexibility index (Phi) is 7.16. The van der Waals surface area contributed by atoms with Gasteiger partial charge in [-0.1, -0.05) is 62.4 Å². The van der Waals surface area contributed by atoms with Crippen molar-refractivity contribution in [2.24, 2.45) is 5.92 Å². The van der Waals surface area contributed by atoms with Gasteiger partial charge in [-0.3, -0.25) is 4.79 Å². The Morgan fingerprint density at radius 3 is 2.54 bits per heavy atom. The van der Waals surface area contributed by atoms with Crippen LogP contribution in [-0.4, -0.2) is 43.2 Å². The molecule has 0 N–H and O–H groups in total. The highest BCUT2D eigenvalue weighted by atomic mass is 32.2. The van der Waals surface area contributed by atoms with Crippen molar-refractivity contribution in [1.82, 2.24) is 9.21 Å². The lowest BCUT2D eigenvalue weighted by Gasteiger charge is -2.37. The van der Waals surface area contributed by atoms with E-state index in [1.807, 2.05) is 49.6 Å². The Hall–Kier alpha value is -3.07. The van der Waals surface area contributed by atoms with Crippen LogP contribution in [0.4, 0.5) is 4.39 Å². The molecule has 1 amide bonds. The maximum Gasteiger partial charge on any atom is 0.244 e. The van der Waals surface area contributed by atoms with E-state index in [0.29, 0.717) is 18.4 Å². The Labute approximate surface area is 221 Å². The molecule has 0 aliphatic carbocycles. The molecular formula is C29H29FN2O3S2. The van der Waals surface area contributed by atoms with Crippen molar-refractivity contribution in [3.63, 3.8) is 0 Å². The predicted molar refractivity (Wildman–Crippen MR) is 146 cm³/mol. The second-order valence-corrected chi connectivity index (χ2v) is 12.7. The van der Waals surface area contributed by atoms with E-state index in [2.05, 4.69) is 0 Å². The number of fused-ring (bicyclic) bond motifs is 2. The molecule has 1 aliphatic rings. The number of carbonyl (C=O) groups excluding carboxylic acids is 1. The number of rotatable bonds is 7. The number of benzene rings is 3. The molecule has 0 bridgehead atoms. The molecule has 192 valence electrons. The molecule has 4 aromatic rings. The summed E-state index contributed by atoms with van der Waals surface area (Å²) in [4.78, 5) is 17.0. The minimum Gasteiger partial charge on any atom is -0.330 e. The Bertz CT molecular complexity index is 1530. The number of amides is 1. The first-order chi connectivity index (χ1) is 17.8. The zero-order valence-electron chi connectivity index (χ0n) is 20.8. The van der Waals surface area contributed by atoms with Crippen LogP contribution in [-0.2, 0) is 21.2 Å². The van der Waals surface area contributed by atoms with E-state index in [4.69, 9.17) is 0 Å². The van der Waals surface area contributed by atoms with E-state index >= 15 is 0 Å². The summed E-state index contributed by atoms with van der Waals surface area (Å²) < 4.78 is 42.9. The highest BCUT2D eigenvalue weighted by Crippen LogP contribution is 2.38. The number of halogens is 1. The quantitative estimate of drug-likeness (QED) is 0.297. The minimum atomic E-state index is -3.96. The maximum absolute atomic E-state index is 14.0. The molecule has 3 aromatic carbocycles. The molecule has 5 rings (SSSR count). The van der Waals surface area contributed by atoms with Gasteiger partial charge in [-0.25, -0.2) is 12.8 Å². The smallest absolute Gasteiger partial charge is 0.244 e. The fourth-order valence-electron chi connectivity index (χ4n) is 5.05. The fourth-order valence-corrected chi connectivity index (χ4v) is 7.72. The normalized spacial score (nSPS) is 15.9. The molecule has 2 heterocycles. The van der Waals surface area contributed by atoms with Crippen LogP contribution in [0.1, 0.15) is 35.9 Å². The number of thiophene rings is 1. The fraction of sp³-hybridized carbons (Fsp3) is 0.276. The molecule has 1 aliphatic heterocycles. The molecule has 5 nitrogen and oxygen atoms in total. The largest absolute Gasteiger partial charge is 0.330 e. The first kappa shape index (κ1) is 25.6. The van der Waals surface area contributed by atoms with Gasteiger partial charge in [-0.2, -0.15) is 4.31 Å². The standard InChI is InChI=1S/C29H29FN2O3S2/c1-20(2)18-31(37(34,35)27-9-5-7-21-6-3-4-8-24(21)27)19-28(33)32-16-14-26-25(15-17-36-26)29(32)22-10-12-23(30)13-11-22/h3-13,15,17,20,29H,14,16,18-19H2,1-2H3. The van der Waals surface area contributed by atoms with Gasteiger partial charge in [0.1, 0.15) is 5.82 Å². The summed E-state index contributed by atoms with van der Waals surface area (Å²) in [7, 11) is -3.96. The molecule has 8 heteroatoms. The third kappa shape index (κ3) is 5.06. The van der Waals surface area contributed by atoms with Crippen molar-refractivity contribution in [3.05, 3.63) is 100.0 Å². The van der Waals surface area contributed by atoms with Crippen LogP contribution in [0.3, 0.4) is 0 Å². The van der Waals surface area contributed by atoms with Crippen LogP contribution in [0.2, 0.25) is 0 Å². The zero-order chi connectivity index (χ0) is 26.2. The van der Waals surface area contributed by atoms with Crippen LogP contribution < -0.4 is 0 Å². The van der Waals surface area contributed by atoms with E-state index < -0.39 is 10.0 Å². The second kappa shape index (κ2) is 10.4. The minimum absolute atomic E-state index is 0.0234. The molecule has 0 saturated heterocycles. The van der Waals surface area contributed by atoms with Gasteiger partial charge >= 0.3 is 0 Å². The van der Waals surface area contributed by atoms with Crippen LogP contribution in [0.5, 0.6) is 0 Å². The first-order valence-corrected chi connectivity index (χ1v) is 14.7. The summed E-state index contributed by atoms with van der Waals surface area (Å²) >= 11 is 1.65. The van der Waals surface area contributed by atoms with Crippen LogP contribution in [0.15, 0.2) is 83.1 Å². The van der Waals surface area contributed by atoms with Crippen LogP contribution in [0, 0.1) is 11.7 Å². The molecule has 1 unspecified atom stereocenters. The van der Waals surface area contributed by atoms with E-state index in [-0.39, 0.29) is 41.7 Å². The monoisotopic (exact) mass is 536 g/mol. The van der Waals surface area contributed by atoms with Gasteiger partial charge in [0.2, 0.25) is 15.9 Å². The number of carbonyl (C=O) groups is 1. The van der Waals surface area contributed by atoms with Crippen molar-refractivity contribution in [1.29, 1.82) is 0 Å². The van der Waals surface area contributed by atoms with E-state index in [1.165, 1.54) is 21.3 Å². The van der Waals surface area contributed by atoms with Gasteiger partial charge < -0.3 is 4.90 Å². The Balaban J connectivity index is 1.51. The summed E-state index contributed by atoms with van der Waals surface area (Å²) in [6, 6.07) is 20.4. The number of nitrogens with zero attached hydrogens (tertiary/aromatic N) is 2. The molecule has 1 aromatic heterocycles. The van der Waals surface area contributed by atoms with Crippen molar-refractivity contribution >= 4 is 38.0 Å². The average Bonchev–Trinajstić information content (AvgIpc) is 3.36. The highest BCUT2D eigenvalue weighted by Gasteiger charge is 2.36. The lowest BCUT2D eigenvalue weighted by molar-refractivity contribution is -0.133. The third-order valence-electron chi connectivity index (χ3n) is 6.72. The molecule has 1 atom stereocenters. The van der Waals surface area contributed by atoms with E-state index in [0.717, 1.165) is 16.5 Å². The van der Waals surface area contributed by atoms with Crippen molar-refractivity contribution in [3.8, 4) is 0 Å². The van der Waals surface area contributed by atoms with Crippen LogP contribution >= 0.6 is 11.3 Å². The summed E-state index contributed by atoms with van der Waals surface area (Å²) in [6.07, 6.45) is 0.705. The SMILES string of the molecule is CC(C)CN(CC(=O)N1CCc2sccc2C1c1ccc(F)cc1)S(=O)(=O)c1cccc2ccccc12. The van der Waals surface area contributed by atoms with Gasteiger partial charge in [0, 0.05) is 23.4 Å². The number of hydrogen-bond donors (Lipinski definition) is 0. The Morgan fingerprint density at radius 2 is 1.78 bits per heavy atom. The third-order valence-corrected chi connectivity index (χ3v) is 9.59. The zero-order valence-corrected chi connectivity index (χ0v) is 22.4. The molecule has 0 fully saturated rings. The van der Waals surface area contributed by atoms with Crippen LogP contribution in [0.25, 0.3) is 10.8 Å². The molecule has 0 radical (unpaired) electrons. The lowest BCUT2D eigenvalue weighted by atomic mass is 9.93. The second-order valence-electron chi connectivity index (χ2n) is 9.76.